The Hall–Kier alpha value is 0.0200. The first-order valence-corrected chi connectivity index (χ1v) is 2.81. The Bertz CT molecular complexity index is 103. The molecule has 0 radical (unpaired) electrons. The third-order valence-corrected chi connectivity index (χ3v) is 0.716. The summed E-state index contributed by atoms with van der Waals surface area (Å²) in [6.45, 7) is 0.0115. The van der Waals surface area contributed by atoms with Crippen molar-refractivity contribution in [3.8, 4) is 0 Å². The van der Waals surface area contributed by atoms with Crippen LogP contribution in [0.25, 0.3) is 0 Å². The van der Waals surface area contributed by atoms with Gasteiger partial charge in [0.25, 0.3) is 0 Å². The minimum absolute atomic E-state index is 0.0115. The summed E-state index contributed by atoms with van der Waals surface area (Å²) in [6.07, 6.45) is 4.60. The van der Waals surface area contributed by atoms with Gasteiger partial charge in [0.15, 0.2) is 0 Å². The van der Waals surface area contributed by atoms with Gasteiger partial charge in [0.1, 0.15) is 4.49 Å². The predicted octanol–water partition coefficient (Wildman–Crippen LogP) is 1.85. The van der Waals surface area contributed by atoms with Crippen LogP contribution in [-0.2, 0) is 0 Å². The molecule has 0 heterocycles. The van der Waals surface area contributed by atoms with Crippen molar-refractivity contribution in [1.82, 2.24) is 0 Å². The van der Waals surface area contributed by atoms with Crippen LogP contribution in [0, 0.1) is 0 Å². The van der Waals surface area contributed by atoms with Gasteiger partial charge in [-0.05, 0) is 6.08 Å². The van der Waals surface area contributed by atoms with Gasteiger partial charge in [-0.3, -0.25) is 0 Å². The summed E-state index contributed by atoms with van der Waals surface area (Å²) in [5.41, 5.74) is 0. The zero-order valence-electron chi connectivity index (χ0n) is 4.14. The van der Waals surface area contributed by atoms with Crippen LogP contribution in [0.15, 0.2) is 22.7 Å². The maximum Gasteiger partial charge on any atom is 0.106 e. The third kappa shape index (κ3) is 6.02. The number of rotatable bonds is 2. The Kier molecular flexibility index (Phi) is 5.18. The molecule has 0 aliphatic carbocycles. The highest BCUT2D eigenvalue weighted by Gasteiger charge is 1.73. The molecule has 0 aromatic rings. The molecule has 0 aromatic carbocycles. The summed E-state index contributed by atoms with van der Waals surface area (Å²) < 4.78 is 0.190. The van der Waals surface area contributed by atoms with E-state index in [2.05, 4.69) is 0 Å². The van der Waals surface area contributed by atoms with Crippen molar-refractivity contribution in [2.75, 3.05) is 6.61 Å². The van der Waals surface area contributed by atoms with E-state index in [1.807, 2.05) is 0 Å². The number of aliphatic hydroxyl groups excluding tert-OH is 1. The minimum atomic E-state index is 0.0115. The molecule has 0 unspecified atom stereocenters. The zero-order chi connectivity index (χ0) is 6.41. The van der Waals surface area contributed by atoms with Crippen molar-refractivity contribution in [2.45, 2.75) is 0 Å². The van der Waals surface area contributed by atoms with E-state index in [0.29, 0.717) is 0 Å². The second-order valence-corrected chi connectivity index (χ2v) is 2.07. The summed E-state index contributed by atoms with van der Waals surface area (Å²) in [7, 11) is 0. The van der Waals surface area contributed by atoms with Gasteiger partial charge in [-0.25, -0.2) is 0 Å². The molecule has 0 saturated carbocycles. The summed E-state index contributed by atoms with van der Waals surface area (Å²) in [6, 6.07) is 0. The van der Waals surface area contributed by atoms with E-state index >= 15 is 0 Å². The Morgan fingerprint density at radius 1 is 1.50 bits per heavy atom. The van der Waals surface area contributed by atoms with E-state index in [1.54, 1.807) is 6.08 Å². The normalized spacial score (nSPS) is 9.88. The van der Waals surface area contributed by atoms with Crippen LogP contribution in [0.1, 0.15) is 0 Å². The molecule has 0 rings (SSSR count). The summed E-state index contributed by atoms with van der Waals surface area (Å²) in [5.74, 6) is 0. The molecule has 1 nitrogen and oxygen atoms in total. The topological polar surface area (TPSA) is 20.2 Å². The van der Waals surface area contributed by atoms with Crippen LogP contribution in [0.3, 0.4) is 0 Å². The van der Waals surface area contributed by atoms with Crippen LogP contribution in [0.2, 0.25) is 0 Å². The molecule has 46 valence electrons. The average Bonchev–Trinajstić information content (AvgIpc) is 1.66. The Morgan fingerprint density at radius 3 is 2.50 bits per heavy atom. The fourth-order valence-electron chi connectivity index (χ4n) is 0.202. The van der Waals surface area contributed by atoms with Crippen molar-refractivity contribution in [3.05, 3.63) is 22.7 Å². The first-order valence-electron chi connectivity index (χ1n) is 2.06. The number of hydrogen-bond donors (Lipinski definition) is 1. The third-order valence-electron chi connectivity index (χ3n) is 0.464. The quantitative estimate of drug-likeness (QED) is 0.600. The van der Waals surface area contributed by atoms with Gasteiger partial charge in [-0.15, -0.1) is 0 Å². The molecule has 1 N–H and O–H groups in total. The number of allylic oxidation sites excluding steroid dienone is 2. The molecule has 0 atom stereocenters. The summed E-state index contributed by atoms with van der Waals surface area (Å²) in [4.78, 5) is 0. The highest BCUT2D eigenvalue weighted by molar-refractivity contribution is 6.55. The lowest BCUT2D eigenvalue weighted by molar-refractivity contribution is 0.343. The minimum Gasteiger partial charge on any atom is -0.392 e. The maximum absolute atomic E-state index is 8.18. The second-order valence-electron chi connectivity index (χ2n) is 1.07. The van der Waals surface area contributed by atoms with Gasteiger partial charge >= 0.3 is 0 Å². The van der Waals surface area contributed by atoms with E-state index in [4.69, 9.17) is 28.3 Å². The highest BCUT2D eigenvalue weighted by atomic mass is 35.5. The van der Waals surface area contributed by atoms with Gasteiger partial charge < -0.3 is 5.11 Å². The number of hydrogen-bond acceptors (Lipinski definition) is 1. The highest BCUT2D eigenvalue weighted by Crippen LogP contribution is 2.04. The molecule has 3 heteroatoms. The van der Waals surface area contributed by atoms with E-state index in [9.17, 15) is 0 Å². The Balaban J connectivity index is 3.42. The number of halogens is 2. The largest absolute Gasteiger partial charge is 0.392 e. The van der Waals surface area contributed by atoms with E-state index in [-0.39, 0.29) is 11.1 Å². The van der Waals surface area contributed by atoms with Crippen molar-refractivity contribution in [3.63, 3.8) is 0 Å². The first-order chi connectivity index (χ1) is 3.77. The summed E-state index contributed by atoms with van der Waals surface area (Å²) in [5, 5.41) is 8.18. The van der Waals surface area contributed by atoms with Crippen LogP contribution in [0.5, 0.6) is 0 Å². The van der Waals surface area contributed by atoms with E-state index < -0.39 is 0 Å². The standard InChI is InChI=1S/C5H6Cl2O/c6-5(7)3-1-2-4-8/h1-3,8H,4H2/b2-1+. The lowest BCUT2D eigenvalue weighted by atomic mass is 10.5. The molecular formula is C5H6Cl2O. The lowest BCUT2D eigenvalue weighted by Gasteiger charge is -1.75. The van der Waals surface area contributed by atoms with Gasteiger partial charge in [0.05, 0.1) is 6.61 Å². The first kappa shape index (κ1) is 8.02. The molecule has 0 saturated heterocycles. The molecule has 0 bridgehead atoms. The molecule has 0 fully saturated rings. The average molecular weight is 153 g/mol. The van der Waals surface area contributed by atoms with Crippen molar-refractivity contribution < 1.29 is 5.11 Å². The van der Waals surface area contributed by atoms with Crippen LogP contribution < -0.4 is 0 Å². The Labute approximate surface area is 58.2 Å². The second kappa shape index (κ2) is 5.16. The molecule has 0 aromatic heterocycles. The van der Waals surface area contributed by atoms with Crippen molar-refractivity contribution in [1.29, 1.82) is 0 Å². The predicted molar refractivity (Wildman–Crippen MR) is 36.0 cm³/mol. The van der Waals surface area contributed by atoms with Crippen molar-refractivity contribution in [2.24, 2.45) is 0 Å². The van der Waals surface area contributed by atoms with Crippen molar-refractivity contribution >= 4 is 23.2 Å². The van der Waals surface area contributed by atoms with Crippen LogP contribution in [-0.4, -0.2) is 11.7 Å². The fraction of sp³-hybridized carbons (Fsp3) is 0.200. The molecule has 0 aliphatic rings. The van der Waals surface area contributed by atoms with Gasteiger partial charge in [-0.1, -0.05) is 35.4 Å². The maximum atomic E-state index is 8.18. The Morgan fingerprint density at radius 2 is 2.12 bits per heavy atom. The smallest absolute Gasteiger partial charge is 0.106 e. The molecule has 0 spiro atoms. The van der Waals surface area contributed by atoms with Gasteiger partial charge in [0, 0.05) is 0 Å². The van der Waals surface area contributed by atoms with E-state index in [0.717, 1.165) is 0 Å². The lowest BCUT2D eigenvalue weighted by Crippen LogP contribution is -1.67. The fourth-order valence-corrected chi connectivity index (χ4v) is 0.347. The van der Waals surface area contributed by atoms with Crippen LogP contribution >= 0.6 is 23.2 Å². The SMILES string of the molecule is OC/C=C/C=C(Cl)Cl. The molecular weight excluding hydrogens is 147 g/mol. The van der Waals surface area contributed by atoms with Gasteiger partial charge in [-0.2, -0.15) is 0 Å². The monoisotopic (exact) mass is 152 g/mol. The zero-order valence-corrected chi connectivity index (χ0v) is 5.65. The van der Waals surface area contributed by atoms with Crippen LogP contribution in [0.4, 0.5) is 0 Å². The van der Waals surface area contributed by atoms with E-state index in [1.165, 1.54) is 12.2 Å². The molecule has 0 amide bonds. The van der Waals surface area contributed by atoms with Gasteiger partial charge in [0.2, 0.25) is 0 Å². The molecule has 8 heavy (non-hydrogen) atoms. The molecule has 0 aliphatic heterocycles. The summed E-state index contributed by atoms with van der Waals surface area (Å²) >= 11 is 10.4. The number of aliphatic hydroxyl groups is 1.